The van der Waals surface area contributed by atoms with Gasteiger partial charge in [0.05, 0.1) is 12.5 Å². The van der Waals surface area contributed by atoms with Crippen LogP contribution in [0.25, 0.3) is 0 Å². The molecule has 0 amide bonds. The van der Waals surface area contributed by atoms with E-state index in [4.69, 9.17) is 9.84 Å². The first-order valence-corrected chi connectivity index (χ1v) is 3.85. The van der Waals surface area contributed by atoms with Gasteiger partial charge in [0.15, 0.2) is 0 Å². The summed E-state index contributed by atoms with van der Waals surface area (Å²) >= 11 is 0. The zero-order chi connectivity index (χ0) is 8.85. The third kappa shape index (κ3) is 4.79. The fourth-order valence-electron chi connectivity index (χ4n) is 0.444. The van der Waals surface area contributed by atoms with Gasteiger partial charge in [-0.15, -0.1) is 0 Å². The lowest BCUT2D eigenvalue weighted by atomic mass is 10.2. The molecule has 0 fully saturated rings. The second-order valence-electron chi connectivity index (χ2n) is 3.07. The van der Waals surface area contributed by atoms with Gasteiger partial charge in [0.25, 0.3) is 0 Å². The van der Waals surface area contributed by atoms with Crippen LogP contribution in [-0.4, -0.2) is 24.3 Å². The minimum Gasteiger partial charge on any atom is -0.465 e. The molecule has 0 saturated carbocycles. The van der Waals surface area contributed by atoms with Gasteiger partial charge in [-0.1, -0.05) is 20.8 Å². The van der Waals surface area contributed by atoms with Crippen LogP contribution in [0.1, 0.15) is 20.8 Å². The Morgan fingerprint density at radius 1 is 1.45 bits per heavy atom. The average molecular weight is 160 g/mol. The number of carbonyl (C=O) groups is 1. The van der Waals surface area contributed by atoms with E-state index in [-0.39, 0.29) is 24.4 Å². The van der Waals surface area contributed by atoms with Crippen LogP contribution in [0.2, 0.25) is 0 Å². The van der Waals surface area contributed by atoms with Crippen molar-refractivity contribution in [1.82, 2.24) is 0 Å². The molecule has 0 aliphatic heterocycles. The molecule has 0 bridgehead atoms. The largest absolute Gasteiger partial charge is 0.465 e. The molecule has 66 valence electrons. The number of rotatable bonds is 4. The van der Waals surface area contributed by atoms with Crippen molar-refractivity contribution in [3.8, 4) is 0 Å². The van der Waals surface area contributed by atoms with Gasteiger partial charge in [-0.25, -0.2) is 0 Å². The van der Waals surface area contributed by atoms with Crippen LogP contribution in [-0.2, 0) is 9.53 Å². The summed E-state index contributed by atoms with van der Waals surface area (Å²) < 4.78 is 4.86. The minimum atomic E-state index is -0.203. The smallest absolute Gasteiger partial charge is 0.308 e. The average Bonchev–Trinajstić information content (AvgIpc) is 1.99. The van der Waals surface area contributed by atoms with Gasteiger partial charge in [-0.2, -0.15) is 0 Å². The first kappa shape index (κ1) is 10.4. The molecule has 11 heavy (non-hydrogen) atoms. The Bertz CT molecular complexity index is 121. The van der Waals surface area contributed by atoms with Crippen molar-refractivity contribution >= 4 is 5.97 Å². The van der Waals surface area contributed by atoms with E-state index >= 15 is 0 Å². The molecule has 3 heteroatoms. The van der Waals surface area contributed by atoms with Gasteiger partial charge in [-0.05, 0) is 0 Å². The van der Waals surface area contributed by atoms with Crippen LogP contribution in [0, 0.1) is 11.8 Å². The molecule has 0 aromatic heterocycles. The number of aliphatic hydroxyl groups is 1. The maximum atomic E-state index is 10.9. The van der Waals surface area contributed by atoms with Crippen molar-refractivity contribution in [3.05, 3.63) is 0 Å². The first-order valence-electron chi connectivity index (χ1n) is 3.85. The second-order valence-corrected chi connectivity index (χ2v) is 3.07. The third-order valence-electron chi connectivity index (χ3n) is 1.29. The summed E-state index contributed by atoms with van der Waals surface area (Å²) in [5.74, 6) is -0.246. The first-order chi connectivity index (χ1) is 5.07. The Balaban J connectivity index is 3.46. The molecule has 1 atom stereocenters. The van der Waals surface area contributed by atoms with Crippen molar-refractivity contribution < 1.29 is 14.6 Å². The summed E-state index contributed by atoms with van der Waals surface area (Å²) in [5, 5.41) is 8.59. The van der Waals surface area contributed by atoms with E-state index in [1.807, 2.05) is 6.92 Å². The summed E-state index contributed by atoms with van der Waals surface area (Å²) in [6.07, 6.45) is 0. The molecule has 0 aliphatic carbocycles. The summed E-state index contributed by atoms with van der Waals surface area (Å²) in [4.78, 5) is 10.9. The van der Waals surface area contributed by atoms with Crippen LogP contribution in [0.5, 0.6) is 0 Å². The third-order valence-corrected chi connectivity index (χ3v) is 1.29. The summed E-state index contributed by atoms with van der Waals surface area (Å²) in [7, 11) is 0. The van der Waals surface area contributed by atoms with E-state index in [0.717, 1.165) is 0 Å². The van der Waals surface area contributed by atoms with Gasteiger partial charge in [-0.3, -0.25) is 4.79 Å². The topological polar surface area (TPSA) is 46.5 Å². The van der Waals surface area contributed by atoms with Crippen molar-refractivity contribution in [2.75, 3.05) is 13.2 Å². The lowest BCUT2D eigenvalue weighted by Gasteiger charge is -2.10. The predicted molar refractivity (Wildman–Crippen MR) is 42.0 cm³/mol. The zero-order valence-electron chi connectivity index (χ0n) is 7.33. The van der Waals surface area contributed by atoms with Gasteiger partial charge in [0.1, 0.15) is 0 Å². The lowest BCUT2D eigenvalue weighted by molar-refractivity contribution is -0.148. The maximum absolute atomic E-state index is 10.9. The van der Waals surface area contributed by atoms with E-state index in [2.05, 4.69) is 0 Å². The van der Waals surface area contributed by atoms with E-state index < -0.39 is 0 Å². The molecule has 0 aromatic rings. The fraction of sp³-hybridized carbons (Fsp3) is 0.875. The number of hydrogen-bond acceptors (Lipinski definition) is 3. The molecule has 0 heterocycles. The Morgan fingerprint density at radius 2 is 2.00 bits per heavy atom. The number of hydrogen-bond donors (Lipinski definition) is 1. The Morgan fingerprint density at radius 3 is 2.36 bits per heavy atom. The molecule has 0 rings (SSSR count). The standard InChI is InChI=1S/C8H16O3/c1-6(2)8(10)11-5-7(3)4-9/h6-7,9H,4-5H2,1-3H3. The molecule has 0 radical (unpaired) electrons. The highest BCUT2D eigenvalue weighted by atomic mass is 16.5. The van der Waals surface area contributed by atoms with Crippen molar-refractivity contribution in [1.29, 1.82) is 0 Å². The predicted octanol–water partition coefficient (Wildman–Crippen LogP) is 0.814. The highest BCUT2D eigenvalue weighted by molar-refractivity contribution is 5.71. The Labute approximate surface area is 67.4 Å². The van der Waals surface area contributed by atoms with Gasteiger partial charge >= 0.3 is 5.97 Å². The van der Waals surface area contributed by atoms with E-state index in [9.17, 15) is 4.79 Å². The second kappa shape index (κ2) is 5.13. The van der Waals surface area contributed by atoms with Crippen LogP contribution < -0.4 is 0 Å². The van der Waals surface area contributed by atoms with Crippen molar-refractivity contribution in [2.24, 2.45) is 11.8 Å². The molecule has 0 saturated heterocycles. The summed E-state index contributed by atoms with van der Waals surface area (Å²) in [5.41, 5.74) is 0. The maximum Gasteiger partial charge on any atom is 0.308 e. The molecule has 0 aromatic carbocycles. The van der Waals surface area contributed by atoms with Gasteiger partial charge in [0, 0.05) is 12.5 Å². The number of esters is 1. The molecular formula is C8H16O3. The van der Waals surface area contributed by atoms with Crippen molar-refractivity contribution in [2.45, 2.75) is 20.8 Å². The highest BCUT2D eigenvalue weighted by Crippen LogP contribution is 1.99. The zero-order valence-corrected chi connectivity index (χ0v) is 7.33. The van der Waals surface area contributed by atoms with Crippen LogP contribution in [0.3, 0.4) is 0 Å². The summed E-state index contributed by atoms with van der Waals surface area (Å²) in [6.45, 7) is 5.77. The number of aliphatic hydroxyl groups excluding tert-OH is 1. The molecule has 1 unspecified atom stereocenters. The van der Waals surface area contributed by atoms with Crippen molar-refractivity contribution in [3.63, 3.8) is 0 Å². The molecule has 1 N–H and O–H groups in total. The monoisotopic (exact) mass is 160 g/mol. The van der Waals surface area contributed by atoms with E-state index in [1.54, 1.807) is 13.8 Å². The van der Waals surface area contributed by atoms with Crippen LogP contribution >= 0.6 is 0 Å². The Hall–Kier alpha value is -0.570. The fourth-order valence-corrected chi connectivity index (χ4v) is 0.444. The molecule has 0 aliphatic rings. The van der Waals surface area contributed by atoms with Gasteiger partial charge < -0.3 is 9.84 Å². The normalized spacial score (nSPS) is 13.2. The van der Waals surface area contributed by atoms with E-state index in [0.29, 0.717) is 6.61 Å². The Kier molecular flexibility index (Phi) is 4.86. The van der Waals surface area contributed by atoms with Gasteiger partial charge in [0.2, 0.25) is 0 Å². The van der Waals surface area contributed by atoms with Crippen LogP contribution in [0.15, 0.2) is 0 Å². The SMILES string of the molecule is CC(CO)COC(=O)C(C)C. The van der Waals surface area contributed by atoms with Crippen LogP contribution in [0.4, 0.5) is 0 Å². The highest BCUT2D eigenvalue weighted by Gasteiger charge is 2.09. The molecular weight excluding hydrogens is 144 g/mol. The van der Waals surface area contributed by atoms with E-state index in [1.165, 1.54) is 0 Å². The number of ether oxygens (including phenoxy) is 1. The molecule has 0 spiro atoms. The lowest BCUT2D eigenvalue weighted by Crippen LogP contribution is -2.17. The minimum absolute atomic E-state index is 0.0395. The number of carbonyl (C=O) groups excluding carboxylic acids is 1. The molecule has 3 nitrogen and oxygen atoms in total. The quantitative estimate of drug-likeness (QED) is 0.619. The summed E-state index contributed by atoms with van der Waals surface area (Å²) in [6, 6.07) is 0.